The number of hydrogen-bond acceptors (Lipinski definition) is 6. The van der Waals surface area contributed by atoms with Crippen molar-refractivity contribution in [1.82, 2.24) is 4.90 Å². The van der Waals surface area contributed by atoms with E-state index in [2.05, 4.69) is 10.2 Å². The van der Waals surface area contributed by atoms with Crippen molar-refractivity contribution in [3.63, 3.8) is 0 Å². The summed E-state index contributed by atoms with van der Waals surface area (Å²) in [5.74, 6) is -0.568. The molecule has 0 radical (unpaired) electrons. The van der Waals surface area contributed by atoms with E-state index in [1.807, 2.05) is 20.8 Å². The molecule has 122 valence electrons. The van der Waals surface area contributed by atoms with Crippen molar-refractivity contribution in [3.8, 4) is 0 Å². The van der Waals surface area contributed by atoms with E-state index < -0.39 is 5.97 Å². The molecule has 1 aliphatic rings. The highest BCUT2D eigenvalue weighted by molar-refractivity contribution is 7.16. The number of rotatable bonds is 4. The molecule has 0 aliphatic carbocycles. The summed E-state index contributed by atoms with van der Waals surface area (Å²) in [6, 6.07) is 1.73. The molecule has 0 spiro atoms. The van der Waals surface area contributed by atoms with Gasteiger partial charge >= 0.3 is 5.97 Å². The summed E-state index contributed by atoms with van der Waals surface area (Å²) in [6.45, 7) is 7.63. The fourth-order valence-electron chi connectivity index (χ4n) is 2.65. The Bertz CT molecular complexity index is 548. The SMILES string of the molecule is COC(=O)c1cc(C)sc1NC(=O)CN1C[C@H](C)O[C@@H](C)C1. The Balaban J connectivity index is 1.99. The number of amides is 1. The smallest absolute Gasteiger partial charge is 0.340 e. The summed E-state index contributed by atoms with van der Waals surface area (Å²) < 4.78 is 10.4. The number of thiophene rings is 1. The van der Waals surface area contributed by atoms with Crippen molar-refractivity contribution < 1.29 is 19.1 Å². The second kappa shape index (κ2) is 7.21. The maximum atomic E-state index is 12.2. The van der Waals surface area contributed by atoms with Crippen molar-refractivity contribution in [3.05, 3.63) is 16.5 Å². The second-order valence-electron chi connectivity index (χ2n) is 5.59. The van der Waals surface area contributed by atoms with Gasteiger partial charge in [0.05, 0.1) is 31.4 Å². The van der Waals surface area contributed by atoms with Crippen LogP contribution in [-0.4, -0.2) is 55.7 Å². The van der Waals surface area contributed by atoms with Gasteiger partial charge in [-0.05, 0) is 26.8 Å². The molecule has 1 N–H and O–H groups in total. The van der Waals surface area contributed by atoms with Crippen molar-refractivity contribution >= 4 is 28.2 Å². The van der Waals surface area contributed by atoms with Crippen molar-refractivity contribution in [1.29, 1.82) is 0 Å². The maximum Gasteiger partial charge on any atom is 0.340 e. The van der Waals surface area contributed by atoms with Gasteiger partial charge in [0, 0.05) is 18.0 Å². The molecule has 0 bridgehead atoms. The zero-order valence-corrected chi connectivity index (χ0v) is 14.2. The molecule has 2 heterocycles. The van der Waals surface area contributed by atoms with E-state index in [0.717, 1.165) is 18.0 Å². The minimum atomic E-state index is -0.437. The number of anilines is 1. The third kappa shape index (κ3) is 4.28. The number of carbonyl (C=O) groups is 2. The molecule has 1 amide bonds. The molecule has 7 heteroatoms. The number of carbonyl (C=O) groups excluding carboxylic acids is 2. The van der Waals surface area contributed by atoms with Crippen LogP contribution in [0, 0.1) is 6.92 Å². The first-order valence-corrected chi connectivity index (χ1v) is 8.07. The monoisotopic (exact) mass is 326 g/mol. The lowest BCUT2D eigenvalue weighted by atomic mass is 10.2. The van der Waals surface area contributed by atoms with Gasteiger partial charge in [-0.15, -0.1) is 11.3 Å². The first-order chi connectivity index (χ1) is 10.4. The molecule has 1 aromatic heterocycles. The standard InChI is InChI=1S/C15H22N2O4S/c1-9-6-17(7-10(2)21-9)8-13(18)16-14-12(15(19)20-4)5-11(3)22-14/h5,9-10H,6-8H2,1-4H3,(H,16,18)/t9-,10-/m0/s1. The molecule has 0 aromatic carbocycles. The van der Waals surface area contributed by atoms with E-state index >= 15 is 0 Å². The number of hydrogen-bond donors (Lipinski definition) is 1. The van der Waals surface area contributed by atoms with Crippen molar-refractivity contribution in [2.45, 2.75) is 33.0 Å². The van der Waals surface area contributed by atoms with Gasteiger partial charge in [-0.1, -0.05) is 0 Å². The summed E-state index contributed by atoms with van der Waals surface area (Å²) >= 11 is 1.37. The van der Waals surface area contributed by atoms with E-state index in [-0.39, 0.29) is 24.7 Å². The highest BCUT2D eigenvalue weighted by atomic mass is 32.1. The molecule has 1 fully saturated rings. The minimum absolute atomic E-state index is 0.117. The van der Waals surface area contributed by atoms with Crippen LogP contribution in [0.4, 0.5) is 5.00 Å². The van der Waals surface area contributed by atoms with Crippen LogP contribution in [0.2, 0.25) is 0 Å². The fourth-order valence-corrected chi connectivity index (χ4v) is 3.57. The van der Waals surface area contributed by atoms with E-state index in [4.69, 9.17) is 9.47 Å². The van der Waals surface area contributed by atoms with Crippen LogP contribution in [0.1, 0.15) is 29.1 Å². The molecule has 2 rings (SSSR count). The predicted octanol–water partition coefficient (Wildman–Crippen LogP) is 1.89. The summed E-state index contributed by atoms with van der Waals surface area (Å²) in [7, 11) is 1.33. The Labute approximate surface area is 134 Å². The molecule has 1 aromatic rings. The third-order valence-electron chi connectivity index (χ3n) is 3.38. The first kappa shape index (κ1) is 16.9. The quantitative estimate of drug-likeness (QED) is 0.856. The molecule has 6 nitrogen and oxygen atoms in total. The maximum absolute atomic E-state index is 12.2. The Hall–Kier alpha value is -1.44. The molecule has 22 heavy (non-hydrogen) atoms. The Morgan fingerprint density at radius 3 is 2.64 bits per heavy atom. The molecular formula is C15H22N2O4S. The predicted molar refractivity (Wildman–Crippen MR) is 85.5 cm³/mol. The van der Waals surface area contributed by atoms with Crippen LogP contribution in [0.5, 0.6) is 0 Å². The average Bonchev–Trinajstić information content (AvgIpc) is 2.77. The molecule has 0 saturated carbocycles. The molecule has 2 atom stereocenters. The summed E-state index contributed by atoms with van der Waals surface area (Å²) in [5, 5.41) is 3.36. The third-order valence-corrected chi connectivity index (χ3v) is 4.34. The first-order valence-electron chi connectivity index (χ1n) is 7.25. The van der Waals surface area contributed by atoms with E-state index in [0.29, 0.717) is 10.6 Å². The van der Waals surface area contributed by atoms with Crippen molar-refractivity contribution in [2.24, 2.45) is 0 Å². The number of nitrogens with one attached hydrogen (secondary N) is 1. The fraction of sp³-hybridized carbons (Fsp3) is 0.600. The van der Waals surface area contributed by atoms with E-state index in [1.165, 1.54) is 18.4 Å². The second-order valence-corrected chi connectivity index (χ2v) is 6.85. The molecule has 1 saturated heterocycles. The van der Waals surface area contributed by atoms with Gasteiger partial charge in [-0.25, -0.2) is 4.79 Å². The Morgan fingerprint density at radius 1 is 1.41 bits per heavy atom. The zero-order chi connectivity index (χ0) is 16.3. The highest BCUT2D eigenvalue weighted by Gasteiger charge is 2.24. The molecule has 1 aliphatic heterocycles. The number of methoxy groups -OCH3 is 1. The lowest BCUT2D eigenvalue weighted by molar-refractivity contribution is -0.121. The topological polar surface area (TPSA) is 67.9 Å². The van der Waals surface area contributed by atoms with Crippen LogP contribution >= 0.6 is 11.3 Å². The van der Waals surface area contributed by atoms with E-state index in [1.54, 1.807) is 6.07 Å². The minimum Gasteiger partial charge on any atom is -0.465 e. The average molecular weight is 326 g/mol. The van der Waals surface area contributed by atoms with Gasteiger partial charge in [-0.3, -0.25) is 9.69 Å². The van der Waals surface area contributed by atoms with Crippen LogP contribution in [0.3, 0.4) is 0 Å². The highest BCUT2D eigenvalue weighted by Crippen LogP contribution is 2.28. The van der Waals surface area contributed by atoms with Crippen LogP contribution < -0.4 is 5.32 Å². The number of morpholine rings is 1. The van der Waals surface area contributed by atoms with Gasteiger partial charge < -0.3 is 14.8 Å². The van der Waals surface area contributed by atoms with Gasteiger partial charge in [0.25, 0.3) is 0 Å². The Kier molecular flexibility index (Phi) is 5.55. The molecule has 0 unspecified atom stereocenters. The number of nitrogens with zero attached hydrogens (tertiary/aromatic N) is 1. The number of esters is 1. The van der Waals surface area contributed by atoms with Gasteiger partial charge in [-0.2, -0.15) is 0 Å². The normalized spacial score (nSPS) is 22.4. The largest absolute Gasteiger partial charge is 0.465 e. The van der Waals surface area contributed by atoms with Gasteiger partial charge in [0.2, 0.25) is 5.91 Å². The van der Waals surface area contributed by atoms with E-state index in [9.17, 15) is 9.59 Å². The van der Waals surface area contributed by atoms with Crippen LogP contribution in [0.15, 0.2) is 6.07 Å². The van der Waals surface area contributed by atoms with Gasteiger partial charge in [0.1, 0.15) is 5.00 Å². The number of aryl methyl sites for hydroxylation is 1. The Morgan fingerprint density at radius 2 is 2.05 bits per heavy atom. The van der Waals surface area contributed by atoms with Gasteiger partial charge in [0.15, 0.2) is 0 Å². The lowest BCUT2D eigenvalue weighted by Gasteiger charge is -2.34. The van der Waals surface area contributed by atoms with Crippen LogP contribution in [0.25, 0.3) is 0 Å². The van der Waals surface area contributed by atoms with Crippen molar-refractivity contribution in [2.75, 3.05) is 32.1 Å². The summed E-state index contributed by atoms with van der Waals surface area (Å²) in [4.78, 5) is 26.9. The lowest BCUT2D eigenvalue weighted by Crippen LogP contribution is -2.48. The summed E-state index contributed by atoms with van der Waals surface area (Å²) in [5.41, 5.74) is 0.405. The zero-order valence-electron chi connectivity index (χ0n) is 13.3. The number of ether oxygens (including phenoxy) is 2. The molecular weight excluding hydrogens is 304 g/mol. The van der Waals surface area contributed by atoms with Crippen LogP contribution in [-0.2, 0) is 14.3 Å². The summed E-state index contributed by atoms with van der Waals surface area (Å²) in [6.07, 6.45) is 0.234.